The molecule has 0 spiro atoms. The molecule has 2 aromatic carbocycles. The van der Waals surface area contributed by atoms with Gasteiger partial charge in [0.05, 0.1) is 22.7 Å². The molecule has 5 rings (SSSR count). The van der Waals surface area contributed by atoms with E-state index >= 15 is 0 Å². The van der Waals surface area contributed by atoms with Gasteiger partial charge >= 0.3 is 0 Å². The van der Waals surface area contributed by atoms with E-state index < -0.39 is 10.0 Å². The molecule has 1 fully saturated rings. The molecule has 0 radical (unpaired) electrons. The number of benzene rings is 2. The number of nitrogens with zero attached hydrogens (tertiary/aromatic N) is 4. The molecule has 2 N–H and O–H groups in total. The van der Waals surface area contributed by atoms with Crippen molar-refractivity contribution in [3.05, 3.63) is 60.3 Å². The zero-order valence-electron chi connectivity index (χ0n) is 20.3. The molecule has 0 aliphatic carbocycles. The molecule has 3 aromatic rings. The predicted octanol–water partition coefficient (Wildman–Crippen LogP) is 3.49. The number of anilines is 3. The fourth-order valence-corrected chi connectivity index (χ4v) is 5.98. The molecule has 0 saturated carbocycles. The Morgan fingerprint density at radius 2 is 1.78 bits per heavy atom. The Labute approximate surface area is 211 Å². The lowest BCUT2D eigenvalue weighted by Gasteiger charge is -2.33. The summed E-state index contributed by atoms with van der Waals surface area (Å²) >= 11 is 0. The lowest BCUT2D eigenvalue weighted by atomic mass is 10.1. The summed E-state index contributed by atoms with van der Waals surface area (Å²) < 4.78 is 27.9. The summed E-state index contributed by atoms with van der Waals surface area (Å²) in [6, 6.07) is 14.2. The summed E-state index contributed by atoms with van der Waals surface area (Å²) in [5.41, 5.74) is 3.67. The Kier molecular flexibility index (Phi) is 6.99. The lowest BCUT2D eigenvalue weighted by Crippen LogP contribution is -2.48. The second kappa shape index (κ2) is 10.3. The van der Waals surface area contributed by atoms with Gasteiger partial charge in [0, 0.05) is 49.2 Å². The van der Waals surface area contributed by atoms with Crippen LogP contribution in [0, 0.1) is 0 Å². The maximum Gasteiger partial charge on any atom is 0.243 e. The number of aromatic nitrogens is 2. The van der Waals surface area contributed by atoms with Gasteiger partial charge in [0.2, 0.25) is 21.9 Å². The van der Waals surface area contributed by atoms with Crippen LogP contribution < -0.4 is 10.6 Å². The van der Waals surface area contributed by atoms with Crippen LogP contribution in [0.25, 0.3) is 11.3 Å². The predicted molar refractivity (Wildman–Crippen MR) is 140 cm³/mol. The zero-order chi connectivity index (χ0) is 25.1. The van der Waals surface area contributed by atoms with Gasteiger partial charge in [0.15, 0.2) is 0 Å². The van der Waals surface area contributed by atoms with Gasteiger partial charge in [-0.3, -0.25) is 4.79 Å². The van der Waals surface area contributed by atoms with Crippen molar-refractivity contribution in [3.8, 4) is 11.3 Å². The second-order valence-corrected chi connectivity index (χ2v) is 11.0. The fourth-order valence-electron chi connectivity index (χ4n) is 4.56. The Hall–Kier alpha value is -3.34. The van der Waals surface area contributed by atoms with Crippen LogP contribution in [-0.4, -0.2) is 66.2 Å². The Balaban J connectivity index is 1.30. The van der Waals surface area contributed by atoms with Crippen molar-refractivity contribution in [3.63, 3.8) is 0 Å². The molecular formula is C26H30N6O3S. The van der Waals surface area contributed by atoms with Crippen LogP contribution in [0.2, 0.25) is 0 Å². The molecule has 188 valence electrons. The number of amides is 1. The van der Waals surface area contributed by atoms with E-state index in [0.29, 0.717) is 36.1 Å². The fraction of sp³-hybridized carbons (Fsp3) is 0.346. The number of piperazine rings is 1. The second-order valence-electron chi connectivity index (χ2n) is 9.09. The Morgan fingerprint density at radius 1 is 1.03 bits per heavy atom. The lowest BCUT2D eigenvalue weighted by molar-refractivity contribution is -0.115. The van der Waals surface area contributed by atoms with Crippen LogP contribution in [0.5, 0.6) is 0 Å². The van der Waals surface area contributed by atoms with Crippen LogP contribution in [0.4, 0.5) is 17.3 Å². The number of fused-ring (bicyclic) bond motifs is 3. The van der Waals surface area contributed by atoms with Crippen molar-refractivity contribution in [1.29, 1.82) is 0 Å². The van der Waals surface area contributed by atoms with E-state index in [1.165, 1.54) is 0 Å². The van der Waals surface area contributed by atoms with Gasteiger partial charge in [0.1, 0.15) is 0 Å². The highest BCUT2D eigenvalue weighted by molar-refractivity contribution is 7.89. The van der Waals surface area contributed by atoms with Gasteiger partial charge in [-0.15, -0.1) is 0 Å². The summed E-state index contributed by atoms with van der Waals surface area (Å²) in [5.74, 6) is 0.265. The van der Waals surface area contributed by atoms with E-state index in [0.717, 1.165) is 43.6 Å². The highest BCUT2D eigenvalue weighted by Gasteiger charge is 2.28. The number of unbranched alkanes of at least 4 members (excludes halogenated alkanes) is 1. The average Bonchev–Trinajstić information content (AvgIpc) is 3.03. The first-order chi connectivity index (χ1) is 17.4. The molecule has 1 saturated heterocycles. The largest absolute Gasteiger partial charge is 0.325 e. The van der Waals surface area contributed by atoms with E-state index in [1.54, 1.807) is 34.8 Å². The number of carbonyl (C=O) groups is 1. The van der Waals surface area contributed by atoms with Gasteiger partial charge in [-0.2, -0.15) is 4.31 Å². The molecule has 1 aromatic heterocycles. The molecule has 2 aliphatic heterocycles. The smallest absolute Gasteiger partial charge is 0.243 e. The number of sulfonamides is 1. The third-order valence-corrected chi connectivity index (χ3v) is 8.49. The zero-order valence-corrected chi connectivity index (χ0v) is 21.1. The molecule has 9 nitrogen and oxygen atoms in total. The van der Waals surface area contributed by atoms with E-state index in [2.05, 4.69) is 32.4 Å². The van der Waals surface area contributed by atoms with Gasteiger partial charge in [-0.25, -0.2) is 18.4 Å². The molecule has 10 heteroatoms. The first kappa shape index (κ1) is 24.4. The SMILES string of the molecule is CCCCN1CCN(S(=O)(=O)c2ccc(Nc3ncc4c(n3)-c3ccccc3NC(=O)C4)cc2)CC1. The number of hydrogen-bond donors (Lipinski definition) is 2. The molecule has 0 bridgehead atoms. The summed E-state index contributed by atoms with van der Waals surface area (Å²) in [6.07, 6.45) is 4.13. The quantitative estimate of drug-likeness (QED) is 0.505. The van der Waals surface area contributed by atoms with Crippen molar-refractivity contribution < 1.29 is 13.2 Å². The van der Waals surface area contributed by atoms with Crippen molar-refractivity contribution in [2.75, 3.05) is 43.4 Å². The minimum absolute atomic E-state index is 0.107. The van der Waals surface area contributed by atoms with E-state index in [-0.39, 0.29) is 17.2 Å². The van der Waals surface area contributed by atoms with E-state index in [9.17, 15) is 13.2 Å². The number of nitrogens with one attached hydrogen (secondary N) is 2. The highest BCUT2D eigenvalue weighted by Crippen LogP contribution is 2.33. The summed E-state index contributed by atoms with van der Waals surface area (Å²) in [4.78, 5) is 23.9. The van der Waals surface area contributed by atoms with Gasteiger partial charge in [0.25, 0.3) is 0 Å². The minimum Gasteiger partial charge on any atom is -0.325 e. The normalized spacial score (nSPS) is 16.5. The molecule has 2 aliphatic rings. The Bertz CT molecular complexity index is 1350. The van der Waals surface area contributed by atoms with Crippen LogP contribution in [-0.2, 0) is 21.2 Å². The summed E-state index contributed by atoms with van der Waals surface area (Å²) in [6.45, 7) is 5.73. The summed E-state index contributed by atoms with van der Waals surface area (Å²) in [7, 11) is -3.54. The third kappa shape index (κ3) is 5.11. The van der Waals surface area contributed by atoms with Gasteiger partial charge < -0.3 is 15.5 Å². The number of hydrogen-bond acceptors (Lipinski definition) is 7. The number of para-hydroxylation sites is 1. The topological polar surface area (TPSA) is 108 Å². The maximum atomic E-state index is 13.1. The highest BCUT2D eigenvalue weighted by atomic mass is 32.2. The third-order valence-electron chi connectivity index (χ3n) is 6.58. The maximum absolute atomic E-state index is 13.1. The summed E-state index contributed by atoms with van der Waals surface area (Å²) in [5, 5.41) is 6.06. The van der Waals surface area contributed by atoms with Gasteiger partial charge in [-0.1, -0.05) is 31.5 Å². The first-order valence-corrected chi connectivity index (χ1v) is 13.7. The molecule has 3 heterocycles. The van der Waals surface area contributed by atoms with Crippen molar-refractivity contribution in [2.45, 2.75) is 31.1 Å². The van der Waals surface area contributed by atoms with E-state index in [1.807, 2.05) is 24.3 Å². The van der Waals surface area contributed by atoms with Crippen molar-refractivity contribution in [1.82, 2.24) is 19.2 Å². The van der Waals surface area contributed by atoms with Crippen molar-refractivity contribution >= 4 is 33.3 Å². The monoisotopic (exact) mass is 506 g/mol. The van der Waals surface area contributed by atoms with Crippen LogP contribution >= 0.6 is 0 Å². The van der Waals surface area contributed by atoms with Crippen LogP contribution in [0.1, 0.15) is 25.3 Å². The Morgan fingerprint density at radius 3 is 2.53 bits per heavy atom. The molecule has 0 unspecified atom stereocenters. The average molecular weight is 507 g/mol. The number of carbonyl (C=O) groups excluding carboxylic acids is 1. The van der Waals surface area contributed by atoms with Gasteiger partial charge in [-0.05, 0) is 43.3 Å². The molecule has 1 amide bonds. The van der Waals surface area contributed by atoms with Crippen molar-refractivity contribution in [2.24, 2.45) is 0 Å². The van der Waals surface area contributed by atoms with Crippen LogP contribution in [0.3, 0.4) is 0 Å². The standard InChI is InChI=1S/C26H30N6O3S/c1-2-3-12-31-13-15-32(16-14-31)36(34,35)21-10-8-20(9-11-21)28-26-27-18-19-17-24(33)29-23-7-5-4-6-22(23)25(19)30-26/h4-11,18H,2-3,12-17H2,1H3,(H,29,33)(H,27,28,30). The van der Waals surface area contributed by atoms with E-state index in [4.69, 9.17) is 0 Å². The first-order valence-electron chi connectivity index (χ1n) is 12.3. The minimum atomic E-state index is -3.54. The number of rotatable bonds is 7. The molecule has 0 atom stereocenters. The van der Waals surface area contributed by atoms with Crippen LogP contribution in [0.15, 0.2) is 59.6 Å². The molecule has 36 heavy (non-hydrogen) atoms. The molecular weight excluding hydrogens is 476 g/mol.